The van der Waals surface area contributed by atoms with E-state index in [9.17, 15) is 20.4 Å². The maximum Gasteiger partial charge on any atom is 0.186 e. The van der Waals surface area contributed by atoms with Gasteiger partial charge in [-0.25, -0.2) is 0 Å². The Bertz CT molecular complexity index is 182. The topological polar surface area (TPSA) is 110 Å². The Kier molecular flexibility index (Phi) is 2.91. The monoisotopic (exact) mass is 194 g/mol. The Labute approximate surface area is 75.0 Å². The lowest BCUT2D eigenvalue weighted by Crippen LogP contribution is -2.65. The van der Waals surface area contributed by atoms with Crippen LogP contribution in [0.5, 0.6) is 0 Å². The summed E-state index contributed by atoms with van der Waals surface area (Å²) in [5, 5.41) is 45.9. The second-order valence-corrected chi connectivity index (χ2v) is 3.37. The fraction of sp³-hybridized carbons (Fsp3) is 1.00. The molecule has 13 heavy (non-hydrogen) atoms. The summed E-state index contributed by atoms with van der Waals surface area (Å²) in [6.07, 6.45) is -5.66. The number of hydrogen-bond acceptors (Lipinski definition) is 6. The van der Waals surface area contributed by atoms with Gasteiger partial charge in [0.2, 0.25) is 0 Å². The molecule has 6 heteroatoms. The first-order valence-electron chi connectivity index (χ1n) is 3.94. The Morgan fingerprint density at radius 3 is 2.31 bits per heavy atom. The summed E-state index contributed by atoms with van der Waals surface area (Å²) in [6.45, 7) is 0.602. The largest absolute Gasteiger partial charge is 0.394 e. The fourth-order valence-electron chi connectivity index (χ4n) is 1.23. The molecule has 1 fully saturated rings. The first-order chi connectivity index (χ1) is 5.91. The van der Waals surface area contributed by atoms with Gasteiger partial charge in [-0.05, 0) is 6.92 Å². The molecule has 5 atom stereocenters. The third-order valence-corrected chi connectivity index (χ3v) is 2.29. The molecule has 1 unspecified atom stereocenters. The van der Waals surface area contributed by atoms with Crippen LogP contribution in [0.2, 0.25) is 0 Å². The van der Waals surface area contributed by atoms with Crippen LogP contribution in [0, 0.1) is 0 Å². The van der Waals surface area contributed by atoms with Crippen molar-refractivity contribution >= 4 is 0 Å². The molecule has 1 saturated heterocycles. The van der Waals surface area contributed by atoms with E-state index in [1.54, 1.807) is 0 Å². The fourth-order valence-corrected chi connectivity index (χ4v) is 1.23. The van der Waals surface area contributed by atoms with Crippen molar-refractivity contribution in [2.75, 3.05) is 6.61 Å². The van der Waals surface area contributed by atoms with E-state index in [0.29, 0.717) is 0 Å². The molecule has 5 N–H and O–H groups in total. The number of aliphatic hydroxyl groups excluding tert-OH is 4. The van der Waals surface area contributed by atoms with Crippen LogP contribution in [0.3, 0.4) is 0 Å². The van der Waals surface area contributed by atoms with Crippen LogP contribution in [-0.4, -0.2) is 62.3 Å². The zero-order valence-corrected chi connectivity index (χ0v) is 7.16. The minimum Gasteiger partial charge on any atom is -0.394 e. The summed E-state index contributed by atoms with van der Waals surface area (Å²) < 4.78 is 4.68. The Balaban J connectivity index is 2.79. The van der Waals surface area contributed by atoms with E-state index in [2.05, 4.69) is 4.74 Å². The van der Waals surface area contributed by atoms with Crippen LogP contribution in [-0.2, 0) is 4.74 Å². The highest BCUT2D eigenvalue weighted by molar-refractivity contribution is 4.96. The smallest absolute Gasteiger partial charge is 0.186 e. The van der Waals surface area contributed by atoms with E-state index < -0.39 is 36.8 Å². The van der Waals surface area contributed by atoms with Crippen LogP contribution >= 0.6 is 0 Å². The molecule has 0 aromatic rings. The van der Waals surface area contributed by atoms with Gasteiger partial charge >= 0.3 is 0 Å². The number of hydrogen-bond donors (Lipinski definition) is 5. The van der Waals surface area contributed by atoms with Crippen molar-refractivity contribution in [1.82, 2.24) is 0 Å². The minimum atomic E-state index is -1.93. The quantitative estimate of drug-likeness (QED) is 0.308. The normalized spacial score (nSPS) is 52.2. The van der Waals surface area contributed by atoms with Gasteiger partial charge in [0.1, 0.15) is 23.9 Å². The molecule has 1 aliphatic rings. The van der Waals surface area contributed by atoms with E-state index >= 15 is 0 Å². The molecule has 0 radical (unpaired) electrons. The average Bonchev–Trinajstić information content (AvgIpc) is 2.09. The van der Waals surface area contributed by atoms with Crippen molar-refractivity contribution in [2.24, 2.45) is 0 Å². The third-order valence-electron chi connectivity index (χ3n) is 2.29. The van der Waals surface area contributed by atoms with E-state index in [0.717, 1.165) is 6.92 Å². The lowest BCUT2D eigenvalue weighted by atomic mass is 9.88. The summed E-state index contributed by atoms with van der Waals surface area (Å²) in [4.78, 5) is 0. The van der Waals surface area contributed by atoms with Gasteiger partial charge in [0, 0.05) is 0 Å². The van der Waals surface area contributed by atoms with E-state index in [-0.39, 0.29) is 0 Å². The van der Waals surface area contributed by atoms with Crippen LogP contribution < -0.4 is 0 Å². The second kappa shape index (κ2) is 3.49. The van der Waals surface area contributed by atoms with Gasteiger partial charge in [-0.3, -0.25) is 0 Å². The lowest BCUT2D eigenvalue weighted by Gasteiger charge is -2.43. The van der Waals surface area contributed by atoms with Crippen LogP contribution in [0.15, 0.2) is 0 Å². The van der Waals surface area contributed by atoms with Crippen LogP contribution in [0.1, 0.15) is 6.92 Å². The van der Waals surface area contributed by atoms with Crippen molar-refractivity contribution in [2.45, 2.75) is 37.1 Å². The predicted octanol–water partition coefficient (Wildman–Crippen LogP) is -2.83. The SMILES string of the molecule is C[C@@]1(O)C(O)O[C@H](CO)[C@@H](O)[C@@H]1O. The van der Waals surface area contributed by atoms with Crippen molar-refractivity contribution < 1.29 is 30.3 Å². The highest BCUT2D eigenvalue weighted by atomic mass is 16.6. The summed E-state index contributed by atoms with van der Waals surface area (Å²) in [7, 11) is 0. The van der Waals surface area contributed by atoms with Crippen molar-refractivity contribution in [1.29, 1.82) is 0 Å². The lowest BCUT2D eigenvalue weighted by molar-refractivity contribution is -0.323. The summed E-state index contributed by atoms with van der Waals surface area (Å²) >= 11 is 0. The third kappa shape index (κ3) is 1.69. The Hall–Kier alpha value is -0.240. The molecule has 0 saturated carbocycles. The molecule has 0 bridgehead atoms. The Morgan fingerprint density at radius 2 is 1.85 bits per heavy atom. The number of aliphatic hydroxyl groups is 5. The first kappa shape index (κ1) is 10.8. The summed E-state index contributed by atoms with van der Waals surface area (Å²) in [6, 6.07) is 0. The molecule has 1 rings (SSSR count). The van der Waals surface area contributed by atoms with Crippen molar-refractivity contribution in [3.05, 3.63) is 0 Å². The number of rotatable bonds is 1. The molecule has 0 amide bonds. The predicted molar refractivity (Wildman–Crippen MR) is 40.6 cm³/mol. The molecular formula is C7H14O6. The summed E-state index contributed by atoms with van der Waals surface area (Å²) in [5.74, 6) is 0. The van der Waals surface area contributed by atoms with E-state index in [4.69, 9.17) is 5.11 Å². The molecule has 0 spiro atoms. The van der Waals surface area contributed by atoms with Gasteiger partial charge in [0.25, 0.3) is 0 Å². The Morgan fingerprint density at radius 1 is 1.31 bits per heavy atom. The molecule has 0 aromatic heterocycles. The van der Waals surface area contributed by atoms with Crippen molar-refractivity contribution in [3.8, 4) is 0 Å². The standard InChI is InChI=1S/C7H14O6/c1-7(12)5(10)4(9)3(2-8)13-6(7)11/h3-6,8-12H,2H2,1H3/t3-,4-,5+,6?,7+/m1/s1. The maximum atomic E-state index is 9.43. The van der Waals surface area contributed by atoms with Crippen LogP contribution in [0.4, 0.5) is 0 Å². The van der Waals surface area contributed by atoms with E-state index in [1.807, 2.05) is 0 Å². The second-order valence-electron chi connectivity index (χ2n) is 3.37. The zero-order valence-electron chi connectivity index (χ0n) is 7.16. The highest BCUT2D eigenvalue weighted by Crippen LogP contribution is 2.27. The first-order valence-corrected chi connectivity index (χ1v) is 3.94. The van der Waals surface area contributed by atoms with Crippen LogP contribution in [0.25, 0.3) is 0 Å². The summed E-state index contributed by atoms with van der Waals surface area (Å²) in [5.41, 5.74) is -1.93. The number of ether oxygens (including phenoxy) is 1. The van der Waals surface area contributed by atoms with Gasteiger partial charge in [-0.15, -0.1) is 0 Å². The molecule has 0 aromatic carbocycles. The zero-order chi connectivity index (χ0) is 10.2. The van der Waals surface area contributed by atoms with Gasteiger partial charge < -0.3 is 30.3 Å². The molecule has 6 nitrogen and oxygen atoms in total. The molecule has 1 heterocycles. The molecule has 78 valence electrons. The molecular weight excluding hydrogens is 180 g/mol. The van der Waals surface area contributed by atoms with Gasteiger partial charge in [-0.2, -0.15) is 0 Å². The average molecular weight is 194 g/mol. The van der Waals surface area contributed by atoms with Crippen molar-refractivity contribution in [3.63, 3.8) is 0 Å². The van der Waals surface area contributed by atoms with Gasteiger partial charge in [-0.1, -0.05) is 0 Å². The maximum absolute atomic E-state index is 9.43. The molecule has 0 aliphatic carbocycles. The van der Waals surface area contributed by atoms with Gasteiger partial charge in [0.05, 0.1) is 6.61 Å². The molecule has 1 aliphatic heterocycles. The van der Waals surface area contributed by atoms with E-state index in [1.165, 1.54) is 0 Å². The highest BCUT2D eigenvalue weighted by Gasteiger charge is 2.50. The van der Waals surface area contributed by atoms with Gasteiger partial charge in [0.15, 0.2) is 6.29 Å². The minimum absolute atomic E-state index is 0.536.